The average Bonchev–Trinajstić information content (AvgIpc) is 3.27. The Morgan fingerprint density at radius 3 is 2.44 bits per heavy atom. The minimum atomic E-state index is -0.134. The maximum atomic E-state index is 13.9. The molecule has 0 radical (unpaired) electrons. The van der Waals surface area contributed by atoms with Crippen LogP contribution in [-0.2, 0) is 22.6 Å². The molecular weight excluding hydrogens is 492 g/mol. The van der Waals surface area contributed by atoms with Gasteiger partial charge in [0.05, 0.1) is 23.4 Å². The second-order valence-corrected chi connectivity index (χ2v) is 10.5. The average molecular weight is 519 g/mol. The van der Waals surface area contributed by atoms with E-state index in [-0.39, 0.29) is 23.1 Å². The molecule has 4 aromatic rings. The Balaban J connectivity index is 1.54. The van der Waals surface area contributed by atoms with Crippen molar-refractivity contribution < 1.29 is 9.59 Å². The first-order valence-corrected chi connectivity index (χ1v) is 13.6. The summed E-state index contributed by atoms with van der Waals surface area (Å²) in [5.74, 6) is 0.128. The first-order chi connectivity index (χ1) is 17.5. The monoisotopic (exact) mass is 518 g/mol. The van der Waals surface area contributed by atoms with E-state index in [1.54, 1.807) is 21.3 Å². The fourth-order valence-electron chi connectivity index (χ4n) is 4.51. The van der Waals surface area contributed by atoms with E-state index >= 15 is 0 Å². The van der Waals surface area contributed by atoms with E-state index < -0.39 is 0 Å². The molecule has 5 rings (SSSR count). The van der Waals surface area contributed by atoms with Gasteiger partial charge in [-0.2, -0.15) is 0 Å². The molecule has 0 saturated heterocycles. The molecule has 0 spiro atoms. The SMILES string of the molecule is CCN(C(=O)CSc1nc2sc3c(c2c(=O)n1-c1ccccc1)CCN(C(C)=O)C3)c1ccccc1. The van der Waals surface area contributed by atoms with Crippen LogP contribution in [0.25, 0.3) is 15.9 Å². The maximum absolute atomic E-state index is 13.9. The minimum Gasteiger partial charge on any atom is -0.337 e. The normalized spacial score (nSPS) is 13.0. The number of hydrogen-bond donors (Lipinski definition) is 0. The summed E-state index contributed by atoms with van der Waals surface area (Å²) in [4.78, 5) is 49.1. The van der Waals surface area contributed by atoms with Crippen molar-refractivity contribution in [3.05, 3.63) is 81.5 Å². The lowest BCUT2D eigenvalue weighted by Crippen LogP contribution is -2.34. The van der Waals surface area contributed by atoms with Gasteiger partial charge in [-0.05, 0) is 43.2 Å². The summed E-state index contributed by atoms with van der Waals surface area (Å²) in [5, 5.41) is 1.11. The molecular formula is C27H26N4O3S2. The van der Waals surface area contributed by atoms with Crippen LogP contribution in [0.2, 0.25) is 0 Å². The number of thioether (sulfide) groups is 1. The van der Waals surface area contributed by atoms with Gasteiger partial charge in [0.25, 0.3) is 5.56 Å². The van der Waals surface area contributed by atoms with E-state index in [0.717, 1.165) is 16.1 Å². The Labute approximate surface area is 217 Å². The number of aromatic nitrogens is 2. The van der Waals surface area contributed by atoms with Crippen molar-refractivity contribution in [1.29, 1.82) is 0 Å². The van der Waals surface area contributed by atoms with Crippen LogP contribution in [0.4, 0.5) is 5.69 Å². The van der Waals surface area contributed by atoms with Crippen LogP contribution in [0.1, 0.15) is 24.3 Å². The van der Waals surface area contributed by atoms with E-state index in [1.165, 1.54) is 23.1 Å². The van der Waals surface area contributed by atoms with Gasteiger partial charge in [-0.15, -0.1) is 11.3 Å². The van der Waals surface area contributed by atoms with E-state index in [2.05, 4.69) is 0 Å². The van der Waals surface area contributed by atoms with Gasteiger partial charge in [0.2, 0.25) is 11.8 Å². The van der Waals surface area contributed by atoms with Crippen molar-refractivity contribution in [2.24, 2.45) is 0 Å². The Bertz CT molecular complexity index is 1480. The first kappa shape index (κ1) is 24.3. The Hall–Kier alpha value is -3.43. The predicted octanol–water partition coefficient (Wildman–Crippen LogP) is 4.50. The number of anilines is 1. The van der Waals surface area contributed by atoms with Crippen LogP contribution in [0.3, 0.4) is 0 Å². The summed E-state index contributed by atoms with van der Waals surface area (Å²) >= 11 is 2.74. The third-order valence-corrected chi connectivity index (χ3v) is 8.35. The minimum absolute atomic E-state index is 0.0291. The quantitative estimate of drug-likeness (QED) is 0.278. The summed E-state index contributed by atoms with van der Waals surface area (Å²) in [6, 6.07) is 19.0. The molecule has 0 unspecified atom stereocenters. The standard InChI is InChI=1S/C27H26N4O3S2/c1-3-30(19-10-6-4-7-11-19)23(33)17-35-27-28-25-24(26(34)31(27)20-12-8-5-9-13-20)21-14-15-29(18(2)32)16-22(21)36-25/h4-13H,3,14-17H2,1-2H3. The molecule has 3 heterocycles. The van der Waals surface area contributed by atoms with Gasteiger partial charge in [0.15, 0.2) is 5.16 Å². The zero-order valence-electron chi connectivity index (χ0n) is 20.1. The van der Waals surface area contributed by atoms with Crippen LogP contribution in [-0.4, -0.2) is 45.1 Å². The van der Waals surface area contributed by atoms with Gasteiger partial charge in [0.1, 0.15) is 4.83 Å². The Kier molecular flexibility index (Phi) is 6.93. The zero-order valence-corrected chi connectivity index (χ0v) is 21.8. The van der Waals surface area contributed by atoms with Crippen LogP contribution >= 0.6 is 23.1 Å². The second kappa shape index (κ2) is 10.3. The number of nitrogens with zero attached hydrogens (tertiary/aromatic N) is 4. The van der Waals surface area contributed by atoms with Gasteiger partial charge < -0.3 is 9.80 Å². The number of carbonyl (C=O) groups is 2. The molecule has 0 bridgehead atoms. The molecule has 1 aliphatic rings. The van der Waals surface area contributed by atoms with Gasteiger partial charge in [-0.3, -0.25) is 19.0 Å². The highest BCUT2D eigenvalue weighted by Gasteiger charge is 2.27. The number of hydrogen-bond acceptors (Lipinski definition) is 6. The molecule has 2 aromatic carbocycles. The van der Waals surface area contributed by atoms with Gasteiger partial charge in [0, 0.05) is 30.6 Å². The maximum Gasteiger partial charge on any atom is 0.267 e. The zero-order chi connectivity index (χ0) is 25.2. The highest BCUT2D eigenvalue weighted by atomic mass is 32.2. The van der Waals surface area contributed by atoms with Crippen molar-refractivity contribution >= 4 is 50.8 Å². The summed E-state index contributed by atoms with van der Waals surface area (Å²) in [5.41, 5.74) is 2.41. The highest BCUT2D eigenvalue weighted by molar-refractivity contribution is 7.99. The van der Waals surface area contributed by atoms with Crippen LogP contribution in [0, 0.1) is 0 Å². The summed E-state index contributed by atoms with van der Waals surface area (Å²) in [6.45, 7) is 5.15. The lowest BCUT2D eigenvalue weighted by molar-refractivity contribution is -0.129. The summed E-state index contributed by atoms with van der Waals surface area (Å²) in [7, 11) is 0. The fourth-order valence-corrected chi connectivity index (χ4v) is 6.67. The smallest absolute Gasteiger partial charge is 0.267 e. The number of benzene rings is 2. The summed E-state index contributed by atoms with van der Waals surface area (Å²) < 4.78 is 1.61. The van der Waals surface area contributed by atoms with E-state index in [1.807, 2.05) is 67.6 Å². The van der Waals surface area contributed by atoms with Crippen molar-refractivity contribution in [3.8, 4) is 5.69 Å². The number of thiophene rings is 1. The molecule has 0 N–H and O–H groups in total. The lowest BCUT2D eigenvalue weighted by atomic mass is 10.1. The largest absolute Gasteiger partial charge is 0.337 e. The van der Waals surface area contributed by atoms with Crippen LogP contribution in [0.15, 0.2) is 70.6 Å². The lowest BCUT2D eigenvalue weighted by Gasteiger charge is -2.25. The topological polar surface area (TPSA) is 75.5 Å². The van der Waals surface area contributed by atoms with Crippen molar-refractivity contribution in [2.45, 2.75) is 32.0 Å². The van der Waals surface area contributed by atoms with Crippen LogP contribution < -0.4 is 10.5 Å². The van der Waals surface area contributed by atoms with Crippen molar-refractivity contribution in [1.82, 2.24) is 14.5 Å². The van der Waals surface area contributed by atoms with Gasteiger partial charge in [-0.1, -0.05) is 48.2 Å². The molecule has 0 saturated carbocycles. The number of carbonyl (C=O) groups excluding carboxylic acids is 2. The van der Waals surface area contributed by atoms with Gasteiger partial charge in [-0.25, -0.2) is 4.98 Å². The third-order valence-electron chi connectivity index (χ3n) is 6.31. The number of rotatable bonds is 6. The summed E-state index contributed by atoms with van der Waals surface area (Å²) in [6.07, 6.45) is 0.633. The molecule has 0 atom stereocenters. The predicted molar refractivity (Wildman–Crippen MR) is 145 cm³/mol. The molecule has 2 amide bonds. The molecule has 0 fully saturated rings. The molecule has 36 heavy (non-hydrogen) atoms. The van der Waals surface area contributed by atoms with E-state index in [4.69, 9.17) is 4.98 Å². The number of amides is 2. The molecule has 184 valence electrons. The molecule has 0 aliphatic carbocycles. The Morgan fingerprint density at radius 2 is 1.78 bits per heavy atom. The number of fused-ring (bicyclic) bond motifs is 3. The third kappa shape index (κ3) is 4.56. The fraction of sp³-hybridized carbons (Fsp3) is 0.259. The second-order valence-electron chi connectivity index (χ2n) is 8.51. The first-order valence-electron chi connectivity index (χ1n) is 11.8. The van der Waals surface area contributed by atoms with E-state index in [0.29, 0.717) is 47.1 Å². The van der Waals surface area contributed by atoms with E-state index in [9.17, 15) is 14.4 Å². The molecule has 9 heteroatoms. The van der Waals surface area contributed by atoms with Crippen molar-refractivity contribution in [2.75, 3.05) is 23.7 Å². The Morgan fingerprint density at radius 1 is 1.08 bits per heavy atom. The van der Waals surface area contributed by atoms with Crippen LogP contribution in [0.5, 0.6) is 0 Å². The molecule has 2 aromatic heterocycles. The number of para-hydroxylation sites is 2. The highest BCUT2D eigenvalue weighted by Crippen LogP contribution is 2.34. The van der Waals surface area contributed by atoms with Crippen molar-refractivity contribution in [3.63, 3.8) is 0 Å². The van der Waals surface area contributed by atoms with Gasteiger partial charge >= 0.3 is 0 Å². The molecule has 1 aliphatic heterocycles. The molecule has 7 nitrogen and oxygen atoms in total.